The maximum atomic E-state index is 12.8. The SMILES string of the molecule is Cc1ccc(NC(=O)c2sc(-n3nc(C)c(Cc4ccccc4Cl)c3C)nc2C)cc1. The molecule has 2 aromatic heterocycles. The minimum Gasteiger partial charge on any atom is -0.321 e. The van der Waals surface area contributed by atoms with Gasteiger partial charge >= 0.3 is 0 Å². The minimum absolute atomic E-state index is 0.164. The van der Waals surface area contributed by atoms with Gasteiger partial charge in [0.25, 0.3) is 5.91 Å². The number of hydrogen-bond acceptors (Lipinski definition) is 4. The molecule has 0 fully saturated rings. The van der Waals surface area contributed by atoms with Crippen LogP contribution in [-0.4, -0.2) is 20.7 Å². The van der Waals surface area contributed by atoms with E-state index in [1.54, 1.807) is 0 Å². The first-order valence-corrected chi connectivity index (χ1v) is 11.2. The third kappa shape index (κ3) is 4.40. The van der Waals surface area contributed by atoms with Crippen LogP contribution in [0.4, 0.5) is 5.69 Å². The van der Waals surface area contributed by atoms with Gasteiger partial charge in [0.05, 0.1) is 11.4 Å². The van der Waals surface area contributed by atoms with Crippen LogP contribution >= 0.6 is 22.9 Å². The first-order chi connectivity index (χ1) is 14.8. The Morgan fingerprint density at radius 3 is 2.45 bits per heavy atom. The summed E-state index contributed by atoms with van der Waals surface area (Å²) in [6, 6.07) is 15.6. The van der Waals surface area contributed by atoms with Crippen molar-refractivity contribution in [3.63, 3.8) is 0 Å². The van der Waals surface area contributed by atoms with E-state index in [0.29, 0.717) is 22.1 Å². The molecule has 0 unspecified atom stereocenters. The van der Waals surface area contributed by atoms with Crippen molar-refractivity contribution in [1.82, 2.24) is 14.8 Å². The third-order valence-corrected chi connectivity index (χ3v) is 6.75. The predicted octanol–water partition coefficient (Wildman–Crippen LogP) is 6.06. The number of nitrogens with one attached hydrogen (secondary N) is 1. The van der Waals surface area contributed by atoms with E-state index in [9.17, 15) is 4.79 Å². The van der Waals surface area contributed by atoms with E-state index in [-0.39, 0.29) is 5.91 Å². The Kier molecular flexibility index (Phi) is 5.94. The van der Waals surface area contributed by atoms with Crippen LogP contribution < -0.4 is 5.32 Å². The highest BCUT2D eigenvalue weighted by atomic mass is 35.5. The Hall–Kier alpha value is -2.96. The fourth-order valence-corrected chi connectivity index (χ4v) is 4.63. The number of aryl methyl sites for hydroxylation is 3. The average Bonchev–Trinajstić information content (AvgIpc) is 3.26. The highest BCUT2D eigenvalue weighted by Gasteiger charge is 2.20. The van der Waals surface area contributed by atoms with Crippen LogP contribution in [0.15, 0.2) is 48.5 Å². The standard InChI is InChI=1S/C24H23ClN4OS/c1-14-9-11-19(12-10-14)27-23(30)22-16(3)26-24(31-22)29-17(4)20(15(2)28-29)13-18-7-5-6-8-21(18)25/h5-12H,13H2,1-4H3,(H,27,30). The lowest BCUT2D eigenvalue weighted by molar-refractivity contribution is 0.103. The molecule has 31 heavy (non-hydrogen) atoms. The van der Waals surface area contributed by atoms with Gasteiger partial charge in [0.15, 0.2) is 0 Å². The molecule has 158 valence electrons. The van der Waals surface area contributed by atoms with Gasteiger partial charge in [-0.3, -0.25) is 4.79 Å². The lowest BCUT2D eigenvalue weighted by Gasteiger charge is -2.05. The molecular weight excluding hydrogens is 428 g/mol. The van der Waals surface area contributed by atoms with Crippen LogP contribution in [0.1, 0.15) is 43.4 Å². The van der Waals surface area contributed by atoms with Crippen LogP contribution in [0.3, 0.4) is 0 Å². The van der Waals surface area contributed by atoms with E-state index in [4.69, 9.17) is 16.7 Å². The number of hydrogen-bond donors (Lipinski definition) is 1. The summed E-state index contributed by atoms with van der Waals surface area (Å²) < 4.78 is 1.82. The lowest BCUT2D eigenvalue weighted by atomic mass is 10.0. The summed E-state index contributed by atoms with van der Waals surface area (Å²) in [7, 11) is 0. The molecule has 0 spiro atoms. The number of carbonyl (C=O) groups excluding carboxylic acids is 1. The highest BCUT2D eigenvalue weighted by Crippen LogP contribution is 2.28. The molecule has 0 aliphatic carbocycles. The van der Waals surface area contributed by atoms with Crippen molar-refractivity contribution < 1.29 is 4.79 Å². The number of carbonyl (C=O) groups is 1. The summed E-state index contributed by atoms with van der Waals surface area (Å²) in [6.07, 6.45) is 0.697. The smallest absolute Gasteiger partial charge is 0.267 e. The topological polar surface area (TPSA) is 59.8 Å². The average molecular weight is 451 g/mol. The van der Waals surface area contributed by atoms with Gasteiger partial charge in [0.2, 0.25) is 5.13 Å². The number of benzene rings is 2. The maximum Gasteiger partial charge on any atom is 0.267 e. The molecule has 2 aromatic carbocycles. The summed E-state index contributed by atoms with van der Waals surface area (Å²) in [5.41, 5.74) is 6.69. The van der Waals surface area contributed by atoms with Crippen LogP contribution in [0, 0.1) is 27.7 Å². The Labute approximate surface area is 190 Å². The number of aromatic nitrogens is 3. The van der Waals surface area contributed by atoms with Crippen molar-refractivity contribution in [2.45, 2.75) is 34.1 Å². The maximum absolute atomic E-state index is 12.8. The second-order valence-electron chi connectivity index (χ2n) is 7.56. The molecule has 1 N–H and O–H groups in total. The fourth-order valence-electron chi connectivity index (χ4n) is 3.46. The Morgan fingerprint density at radius 1 is 1.03 bits per heavy atom. The minimum atomic E-state index is -0.164. The Balaban J connectivity index is 1.61. The summed E-state index contributed by atoms with van der Waals surface area (Å²) >= 11 is 7.69. The quantitative estimate of drug-likeness (QED) is 0.402. The van der Waals surface area contributed by atoms with Crippen molar-refractivity contribution in [1.29, 1.82) is 0 Å². The molecule has 0 aliphatic rings. The molecule has 2 heterocycles. The van der Waals surface area contributed by atoms with Crippen molar-refractivity contribution in [3.05, 3.63) is 92.2 Å². The van der Waals surface area contributed by atoms with Crippen LogP contribution in [0.2, 0.25) is 5.02 Å². The Bertz CT molecular complexity index is 1260. The highest BCUT2D eigenvalue weighted by molar-refractivity contribution is 7.16. The largest absolute Gasteiger partial charge is 0.321 e. The van der Waals surface area contributed by atoms with Gasteiger partial charge in [-0.25, -0.2) is 9.67 Å². The van der Waals surface area contributed by atoms with Gasteiger partial charge in [-0.1, -0.05) is 58.8 Å². The summed E-state index contributed by atoms with van der Waals surface area (Å²) in [4.78, 5) is 18.0. The summed E-state index contributed by atoms with van der Waals surface area (Å²) in [5, 5.41) is 9.07. The zero-order chi connectivity index (χ0) is 22.1. The number of anilines is 1. The first kappa shape index (κ1) is 21.3. The van der Waals surface area contributed by atoms with Crippen molar-refractivity contribution >= 4 is 34.5 Å². The number of halogens is 1. The lowest BCUT2D eigenvalue weighted by Crippen LogP contribution is -2.11. The van der Waals surface area contributed by atoms with Gasteiger partial charge in [0, 0.05) is 28.4 Å². The molecule has 1 amide bonds. The Morgan fingerprint density at radius 2 is 1.74 bits per heavy atom. The van der Waals surface area contributed by atoms with Crippen molar-refractivity contribution in [3.8, 4) is 5.13 Å². The molecule has 0 saturated carbocycles. The molecule has 4 aromatic rings. The molecule has 7 heteroatoms. The van der Waals surface area contributed by atoms with E-state index in [0.717, 1.165) is 38.8 Å². The van der Waals surface area contributed by atoms with Gasteiger partial charge < -0.3 is 5.32 Å². The molecule has 0 aliphatic heterocycles. The second-order valence-corrected chi connectivity index (χ2v) is 8.95. The third-order valence-electron chi connectivity index (χ3n) is 5.25. The normalized spacial score (nSPS) is 11.0. The van der Waals surface area contributed by atoms with Gasteiger partial charge in [0.1, 0.15) is 4.88 Å². The second kappa shape index (κ2) is 8.65. The zero-order valence-corrected chi connectivity index (χ0v) is 19.4. The van der Waals surface area contributed by atoms with Gasteiger partial charge in [-0.15, -0.1) is 0 Å². The van der Waals surface area contributed by atoms with Crippen molar-refractivity contribution in [2.24, 2.45) is 0 Å². The molecule has 4 rings (SSSR count). The summed E-state index contributed by atoms with van der Waals surface area (Å²) in [6.45, 7) is 7.87. The van der Waals surface area contributed by atoms with E-state index in [2.05, 4.69) is 10.3 Å². The number of thiazole rings is 1. The monoisotopic (exact) mass is 450 g/mol. The van der Waals surface area contributed by atoms with E-state index in [1.807, 2.05) is 80.9 Å². The summed E-state index contributed by atoms with van der Waals surface area (Å²) in [5.74, 6) is -0.164. The molecule has 0 atom stereocenters. The number of nitrogens with zero attached hydrogens (tertiary/aromatic N) is 3. The zero-order valence-electron chi connectivity index (χ0n) is 17.9. The molecular formula is C24H23ClN4OS. The fraction of sp³-hybridized carbons (Fsp3) is 0.208. The van der Waals surface area contributed by atoms with Crippen LogP contribution in [0.5, 0.6) is 0 Å². The van der Waals surface area contributed by atoms with E-state index in [1.165, 1.54) is 11.3 Å². The van der Waals surface area contributed by atoms with Gasteiger partial charge in [-0.2, -0.15) is 5.10 Å². The van der Waals surface area contributed by atoms with E-state index < -0.39 is 0 Å². The van der Waals surface area contributed by atoms with E-state index >= 15 is 0 Å². The molecule has 0 radical (unpaired) electrons. The first-order valence-electron chi connectivity index (χ1n) is 9.98. The number of rotatable bonds is 5. The van der Waals surface area contributed by atoms with Crippen LogP contribution in [-0.2, 0) is 6.42 Å². The van der Waals surface area contributed by atoms with Gasteiger partial charge in [-0.05, 0) is 51.5 Å². The molecule has 0 saturated heterocycles. The van der Waals surface area contributed by atoms with Crippen LogP contribution in [0.25, 0.3) is 5.13 Å². The molecule has 5 nitrogen and oxygen atoms in total. The molecule has 0 bridgehead atoms. The number of amides is 1. The van der Waals surface area contributed by atoms with Crippen molar-refractivity contribution in [2.75, 3.05) is 5.32 Å². The predicted molar refractivity (Wildman–Crippen MR) is 127 cm³/mol.